The molecule has 0 aromatic carbocycles. The molecule has 0 aliphatic heterocycles. The van der Waals surface area contributed by atoms with Crippen LogP contribution in [0.3, 0.4) is 0 Å². The van der Waals surface area contributed by atoms with E-state index in [2.05, 4.69) is 4.74 Å². The molecule has 0 saturated carbocycles. The minimum absolute atomic E-state index is 0.370. The molecule has 0 atom stereocenters. The Morgan fingerprint density at radius 1 is 2.00 bits per heavy atom. The van der Waals surface area contributed by atoms with Crippen LogP contribution in [0.5, 0.6) is 0 Å². The van der Waals surface area contributed by atoms with Gasteiger partial charge < -0.3 is 0 Å². The van der Waals surface area contributed by atoms with Gasteiger partial charge in [0, 0.05) is 0 Å². The molecular formula is C2H3NaO3. The van der Waals surface area contributed by atoms with E-state index in [0.717, 1.165) is 27.9 Å². The van der Waals surface area contributed by atoms with Crippen molar-refractivity contribution < 1.29 is 14.6 Å². The zero-order valence-corrected chi connectivity index (χ0v) is 5.47. The van der Waals surface area contributed by atoms with Crippen molar-refractivity contribution in [2.75, 3.05) is 3.86 Å². The van der Waals surface area contributed by atoms with Crippen LogP contribution in [0, 0.1) is 0 Å². The molecule has 0 rings (SSSR count). The number of hydrogen-bond acceptors (Lipinski definition) is 2. The topological polar surface area (TPSA) is 46.5 Å². The summed E-state index contributed by atoms with van der Waals surface area (Å²) < 4.78 is 4.39. The summed E-state index contributed by atoms with van der Waals surface area (Å²) in [4.78, 5) is 9.40. The van der Waals surface area contributed by atoms with Crippen LogP contribution in [-0.4, -0.2) is 43.0 Å². The standard InChI is InChI=1S/C2H3O3.Na/c1-5-2(3)4;/h1H2,(H,3,4);. The zero-order valence-electron chi connectivity index (χ0n) is 3.47. The van der Waals surface area contributed by atoms with Crippen molar-refractivity contribution in [3.05, 3.63) is 0 Å². The first-order chi connectivity index (χ1) is 2.77. The molecule has 0 unspecified atom stereocenters. The monoisotopic (exact) mass is 98.0 g/mol. The number of carboxylic acid groups (broad SMARTS) is 1. The molecule has 0 amide bonds. The predicted octanol–water partition coefficient (Wildman–Crippen LogP) is -0.193. The minimum atomic E-state index is -1.18. The van der Waals surface area contributed by atoms with E-state index in [1.807, 2.05) is 0 Å². The summed E-state index contributed by atoms with van der Waals surface area (Å²) in [7, 11) is 0. The Morgan fingerprint density at radius 2 is 2.50 bits per heavy atom. The van der Waals surface area contributed by atoms with Gasteiger partial charge in [0.2, 0.25) is 0 Å². The predicted molar refractivity (Wildman–Crippen MR) is 19.7 cm³/mol. The fourth-order valence-electron chi connectivity index (χ4n) is 0.123. The molecule has 0 aliphatic carbocycles. The molecule has 4 heteroatoms. The summed E-state index contributed by atoms with van der Waals surface area (Å²) in [5.41, 5.74) is 0. The Kier molecular flexibility index (Phi) is 3.62. The van der Waals surface area contributed by atoms with E-state index in [1.165, 1.54) is 0 Å². The molecule has 1 N–H and O–H groups in total. The van der Waals surface area contributed by atoms with Gasteiger partial charge in [0.15, 0.2) is 0 Å². The Morgan fingerprint density at radius 3 is 2.50 bits per heavy atom. The summed E-state index contributed by atoms with van der Waals surface area (Å²) >= 11 is 0.784. The molecule has 0 heterocycles. The van der Waals surface area contributed by atoms with Crippen LogP contribution >= 0.6 is 0 Å². The number of hydrogen-bond donors (Lipinski definition) is 1. The molecule has 0 bridgehead atoms. The average Bonchev–Trinajstić information content (AvgIpc) is 1.35. The fraction of sp³-hybridized carbons (Fsp3) is 0.500. The summed E-state index contributed by atoms with van der Waals surface area (Å²) in [6, 6.07) is 0. The quantitative estimate of drug-likeness (QED) is 0.365. The third-order valence-electron chi connectivity index (χ3n) is 0.268. The van der Waals surface area contributed by atoms with Gasteiger partial charge >= 0.3 is 52.6 Å². The SMILES string of the molecule is O=C(O)O[CH2][Na]. The first-order valence-corrected chi connectivity index (χ1v) is 3.04. The number of carbonyl (C=O) groups is 1. The van der Waals surface area contributed by atoms with Gasteiger partial charge in [-0.05, 0) is 0 Å². The number of ether oxygens (including phenoxy) is 1. The number of rotatable bonds is 1. The van der Waals surface area contributed by atoms with Crippen LogP contribution in [0.4, 0.5) is 4.79 Å². The Labute approximate surface area is 52.7 Å². The van der Waals surface area contributed by atoms with Gasteiger partial charge in [-0.1, -0.05) is 0 Å². The van der Waals surface area contributed by atoms with Crippen molar-refractivity contribution in [3.8, 4) is 0 Å². The second-order valence-electron chi connectivity index (χ2n) is 0.699. The van der Waals surface area contributed by atoms with Crippen molar-refractivity contribution in [1.29, 1.82) is 0 Å². The maximum absolute atomic E-state index is 9.40. The third-order valence-corrected chi connectivity index (χ3v) is 0.556. The summed E-state index contributed by atoms with van der Waals surface area (Å²) in [6.07, 6.45) is -1.18. The van der Waals surface area contributed by atoms with Gasteiger partial charge in [0.05, 0.1) is 0 Å². The molecular weight excluding hydrogens is 95.0 g/mol. The van der Waals surface area contributed by atoms with E-state index in [-0.39, 0.29) is 0 Å². The second-order valence-corrected chi connectivity index (χ2v) is 1.28. The third kappa shape index (κ3) is 4.27. The van der Waals surface area contributed by atoms with E-state index >= 15 is 0 Å². The molecule has 3 nitrogen and oxygen atoms in total. The van der Waals surface area contributed by atoms with Crippen LogP contribution in [-0.2, 0) is 4.74 Å². The van der Waals surface area contributed by atoms with Crippen molar-refractivity contribution in [2.24, 2.45) is 0 Å². The second kappa shape index (κ2) is 3.46. The van der Waals surface area contributed by atoms with Crippen LogP contribution in [0.15, 0.2) is 0 Å². The fourth-order valence-corrected chi connectivity index (χ4v) is 0.370. The van der Waals surface area contributed by atoms with Gasteiger partial charge in [-0.15, -0.1) is 0 Å². The van der Waals surface area contributed by atoms with Crippen LogP contribution in [0.2, 0.25) is 0 Å². The average molecular weight is 98.0 g/mol. The normalized spacial score (nSPS) is 7.67. The molecule has 0 aliphatic rings. The van der Waals surface area contributed by atoms with Crippen LogP contribution in [0.25, 0.3) is 0 Å². The molecule has 0 spiro atoms. The molecule has 0 radical (unpaired) electrons. The van der Waals surface area contributed by atoms with Crippen molar-refractivity contribution >= 4 is 34.1 Å². The van der Waals surface area contributed by atoms with Crippen molar-refractivity contribution in [2.45, 2.75) is 0 Å². The van der Waals surface area contributed by atoms with Gasteiger partial charge in [0.1, 0.15) is 0 Å². The first kappa shape index (κ1) is 6.27. The van der Waals surface area contributed by atoms with E-state index in [9.17, 15) is 4.79 Å². The van der Waals surface area contributed by atoms with Gasteiger partial charge in [-0.2, -0.15) is 0 Å². The molecule has 0 saturated heterocycles. The molecule has 0 aromatic rings. The summed E-state index contributed by atoms with van der Waals surface area (Å²) in [5.74, 6) is 0. The Hall–Kier alpha value is 0.270. The van der Waals surface area contributed by atoms with Crippen molar-refractivity contribution in [1.82, 2.24) is 0 Å². The van der Waals surface area contributed by atoms with Gasteiger partial charge in [-0.3, -0.25) is 0 Å². The molecule has 30 valence electrons. The Balaban J connectivity index is 2.83. The van der Waals surface area contributed by atoms with E-state index < -0.39 is 6.16 Å². The molecule has 6 heavy (non-hydrogen) atoms. The summed E-state index contributed by atoms with van der Waals surface area (Å²) in [5, 5.41) is 7.71. The van der Waals surface area contributed by atoms with Gasteiger partial charge in [0.25, 0.3) is 0 Å². The Bertz CT molecular complexity index is 52.8. The van der Waals surface area contributed by atoms with Crippen LogP contribution in [0.1, 0.15) is 0 Å². The van der Waals surface area contributed by atoms with E-state index in [0.29, 0.717) is 3.86 Å². The van der Waals surface area contributed by atoms with Crippen molar-refractivity contribution in [3.63, 3.8) is 0 Å². The molecule has 0 aromatic heterocycles. The maximum atomic E-state index is 9.40. The van der Waals surface area contributed by atoms with E-state index in [4.69, 9.17) is 5.11 Å². The van der Waals surface area contributed by atoms with E-state index in [1.54, 1.807) is 0 Å². The van der Waals surface area contributed by atoms with Gasteiger partial charge in [-0.25, -0.2) is 0 Å². The summed E-state index contributed by atoms with van der Waals surface area (Å²) in [6.45, 7) is 0. The molecule has 0 fully saturated rings. The van der Waals surface area contributed by atoms with Crippen LogP contribution < -0.4 is 0 Å². The first-order valence-electron chi connectivity index (χ1n) is 1.63. The zero-order chi connectivity index (χ0) is 4.99.